The van der Waals surface area contributed by atoms with Gasteiger partial charge in [0.25, 0.3) is 0 Å². The summed E-state index contributed by atoms with van der Waals surface area (Å²) >= 11 is 1.58. The third-order valence-electron chi connectivity index (χ3n) is 3.20. The lowest BCUT2D eigenvalue weighted by molar-refractivity contribution is 0.536. The number of hydrogen-bond donors (Lipinski definition) is 1. The Morgan fingerprint density at radius 2 is 1.80 bits per heavy atom. The molecule has 3 nitrogen and oxygen atoms in total. The number of nitrogens with zero attached hydrogens (tertiary/aromatic N) is 1. The highest BCUT2D eigenvalue weighted by atomic mass is 32.1. The zero-order valence-corrected chi connectivity index (χ0v) is 11.3. The first kappa shape index (κ1) is 11.4. The van der Waals surface area contributed by atoms with Crippen molar-refractivity contribution < 1.29 is 4.42 Å². The second-order valence-electron chi connectivity index (χ2n) is 4.51. The standard InChI is InChI=1S/C16H10N2OS/c17-15-11(9-10-5-1-3-7-13(10)19-15)16-18-12-6-2-4-8-14(12)20-16/h1-9,17H. The van der Waals surface area contributed by atoms with Gasteiger partial charge in [-0.2, -0.15) is 0 Å². The Balaban J connectivity index is 2.01. The van der Waals surface area contributed by atoms with E-state index < -0.39 is 0 Å². The molecule has 2 aromatic heterocycles. The van der Waals surface area contributed by atoms with Crippen molar-refractivity contribution in [2.75, 3.05) is 0 Å². The Bertz CT molecular complexity index is 951. The zero-order chi connectivity index (χ0) is 13.5. The van der Waals surface area contributed by atoms with E-state index in [0.717, 1.165) is 31.8 Å². The SMILES string of the molecule is N=c1oc2ccccc2cc1-c1nc2ccccc2s1. The monoisotopic (exact) mass is 278 g/mol. The van der Waals surface area contributed by atoms with Gasteiger partial charge in [-0.3, -0.25) is 5.41 Å². The molecule has 0 spiro atoms. The third kappa shape index (κ3) is 1.73. The van der Waals surface area contributed by atoms with Crippen LogP contribution in [0.15, 0.2) is 59.0 Å². The molecule has 96 valence electrons. The minimum Gasteiger partial charge on any atom is -0.438 e. The molecule has 2 heterocycles. The average molecular weight is 278 g/mol. The summed E-state index contributed by atoms with van der Waals surface area (Å²) in [6, 6.07) is 17.7. The van der Waals surface area contributed by atoms with Crippen LogP contribution in [0.5, 0.6) is 0 Å². The van der Waals surface area contributed by atoms with Gasteiger partial charge in [0.05, 0.1) is 15.8 Å². The van der Waals surface area contributed by atoms with E-state index >= 15 is 0 Å². The van der Waals surface area contributed by atoms with E-state index in [9.17, 15) is 0 Å². The van der Waals surface area contributed by atoms with Gasteiger partial charge in [-0.1, -0.05) is 30.3 Å². The van der Waals surface area contributed by atoms with Crippen LogP contribution in [-0.4, -0.2) is 4.98 Å². The largest absolute Gasteiger partial charge is 0.438 e. The van der Waals surface area contributed by atoms with Crippen LogP contribution in [0, 0.1) is 5.41 Å². The molecule has 0 aliphatic heterocycles. The van der Waals surface area contributed by atoms with Gasteiger partial charge in [-0.15, -0.1) is 11.3 Å². The molecule has 1 N–H and O–H groups in total. The first-order valence-electron chi connectivity index (χ1n) is 6.25. The molecule has 4 heteroatoms. The lowest BCUT2D eigenvalue weighted by Gasteiger charge is -2.00. The van der Waals surface area contributed by atoms with E-state index in [0.29, 0.717) is 0 Å². The minimum atomic E-state index is 0.155. The molecule has 0 aliphatic rings. The second-order valence-corrected chi connectivity index (χ2v) is 5.54. The summed E-state index contributed by atoms with van der Waals surface area (Å²) in [5, 5.41) is 9.87. The first-order chi connectivity index (χ1) is 9.81. The fraction of sp³-hybridized carbons (Fsp3) is 0. The maximum absolute atomic E-state index is 8.06. The van der Waals surface area contributed by atoms with Crippen molar-refractivity contribution in [3.8, 4) is 10.6 Å². The van der Waals surface area contributed by atoms with Crippen molar-refractivity contribution in [2.45, 2.75) is 0 Å². The Morgan fingerprint density at radius 3 is 2.70 bits per heavy atom. The van der Waals surface area contributed by atoms with Crippen molar-refractivity contribution in [3.63, 3.8) is 0 Å². The molecule has 4 rings (SSSR count). The molecule has 20 heavy (non-hydrogen) atoms. The second kappa shape index (κ2) is 4.28. The maximum atomic E-state index is 8.06. The van der Waals surface area contributed by atoms with Crippen molar-refractivity contribution in [1.29, 1.82) is 5.41 Å². The van der Waals surface area contributed by atoms with Crippen molar-refractivity contribution in [2.24, 2.45) is 0 Å². The summed E-state index contributed by atoms with van der Waals surface area (Å²) in [6.07, 6.45) is 0. The number of aromatic nitrogens is 1. The molecule has 0 radical (unpaired) electrons. The van der Waals surface area contributed by atoms with Gasteiger partial charge in [0.15, 0.2) is 0 Å². The van der Waals surface area contributed by atoms with Crippen LogP contribution in [0.2, 0.25) is 0 Å². The third-order valence-corrected chi connectivity index (χ3v) is 4.27. The Kier molecular flexibility index (Phi) is 2.44. The van der Waals surface area contributed by atoms with Crippen LogP contribution < -0.4 is 5.55 Å². The smallest absolute Gasteiger partial charge is 0.222 e. The highest BCUT2D eigenvalue weighted by molar-refractivity contribution is 7.21. The van der Waals surface area contributed by atoms with Gasteiger partial charge in [-0.05, 0) is 24.3 Å². The number of nitrogens with one attached hydrogen (secondary N) is 1. The summed E-state index contributed by atoms with van der Waals surface area (Å²) in [5.41, 5.74) is 2.58. The molecular formula is C16H10N2OS. The number of para-hydroxylation sites is 2. The van der Waals surface area contributed by atoms with Crippen LogP contribution in [0.25, 0.3) is 31.8 Å². The van der Waals surface area contributed by atoms with E-state index in [1.54, 1.807) is 11.3 Å². The molecule has 0 aliphatic carbocycles. The molecule has 0 saturated heterocycles. The predicted molar refractivity (Wildman–Crippen MR) is 80.7 cm³/mol. The molecule has 0 saturated carbocycles. The maximum Gasteiger partial charge on any atom is 0.222 e. The number of thiazole rings is 1. The molecule has 4 aromatic rings. The highest BCUT2D eigenvalue weighted by Crippen LogP contribution is 2.29. The number of benzene rings is 2. The topological polar surface area (TPSA) is 49.9 Å². The Labute approximate surface area is 118 Å². The summed E-state index contributed by atoms with van der Waals surface area (Å²) in [6.45, 7) is 0. The van der Waals surface area contributed by atoms with Crippen molar-refractivity contribution in [1.82, 2.24) is 4.98 Å². The lowest BCUT2D eigenvalue weighted by atomic mass is 10.2. The molecule has 2 aromatic carbocycles. The van der Waals surface area contributed by atoms with Gasteiger partial charge >= 0.3 is 0 Å². The van der Waals surface area contributed by atoms with E-state index in [1.165, 1.54) is 0 Å². The van der Waals surface area contributed by atoms with Crippen molar-refractivity contribution in [3.05, 3.63) is 60.2 Å². The van der Waals surface area contributed by atoms with E-state index in [-0.39, 0.29) is 5.55 Å². The first-order valence-corrected chi connectivity index (χ1v) is 7.06. The quantitative estimate of drug-likeness (QED) is 0.567. The summed E-state index contributed by atoms with van der Waals surface area (Å²) in [5.74, 6) is 0. The van der Waals surface area contributed by atoms with Crippen LogP contribution >= 0.6 is 11.3 Å². The van der Waals surface area contributed by atoms with Crippen molar-refractivity contribution >= 4 is 32.5 Å². The summed E-state index contributed by atoms with van der Waals surface area (Å²) in [4.78, 5) is 4.59. The summed E-state index contributed by atoms with van der Waals surface area (Å²) in [7, 11) is 0. The molecule has 0 unspecified atom stereocenters. The predicted octanol–water partition coefficient (Wildman–Crippen LogP) is 4.19. The van der Waals surface area contributed by atoms with Gasteiger partial charge in [-0.25, -0.2) is 4.98 Å². The number of fused-ring (bicyclic) bond motifs is 2. The van der Waals surface area contributed by atoms with Crippen LogP contribution in [0.3, 0.4) is 0 Å². The highest BCUT2D eigenvalue weighted by Gasteiger charge is 2.10. The lowest BCUT2D eigenvalue weighted by Crippen LogP contribution is -2.02. The van der Waals surface area contributed by atoms with Crippen LogP contribution in [-0.2, 0) is 0 Å². The fourth-order valence-corrected chi connectivity index (χ4v) is 3.20. The van der Waals surface area contributed by atoms with E-state index in [4.69, 9.17) is 9.83 Å². The Morgan fingerprint density at radius 1 is 1.00 bits per heavy atom. The zero-order valence-electron chi connectivity index (χ0n) is 10.5. The van der Waals surface area contributed by atoms with Gasteiger partial charge < -0.3 is 4.42 Å². The molecule has 0 amide bonds. The van der Waals surface area contributed by atoms with Crippen LogP contribution in [0.1, 0.15) is 0 Å². The molecular weight excluding hydrogens is 268 g/mol. The fourth-order valence-electron chi connectivity index (χ4n) is 2.22. The van der Waals surface area contributed by atoms with Gasteiger partial charge in [0.1, 0.15) is 10.6 Å². The van der Waals surface area contributed by atoms with Crippen LogP contribution in [0.4, 0.5) is 0 Å². The number of rotatable bonds is 1. The number of hydrogen-bond acceptors (Lipinski definition) is 4. The average Bonchev–Trinajstić information content (AvgIpc) is 2.90. The van der Waals surface area contributed by atoms with E-state index in [2.05, 4.69) is 4.98 Å². The Hall–Kier alpha value is -2.46. The van der Waals surface area contributed by atoms with E-state index in [1.807, 2.05) is 54.6 Å². The molecule has 0 bridgehead atoms. The van der Waals surface area contributed by atoms with Gasteiger partial charge in [0, 0.05) is 5.39 Å². The minimum absolute atomic E-state index is 0.155. The summed E-state index contributed by atoms with van der Waals surface area (Å²) < 4.78 is 6.70. The molecule has 0 fully saturated rings. The van der Waals surface area contributed by atoms with Gasteiger partial charge in [0.2, 0.25) is 5.55 Å². The normalized spacial score (nSPS) is 11.2. The molecule has 0 atom stereocenters.